The fraction of sp³-hybridized carbons (Fsp3) is 0.156. The number of carbonyl (C=O) groups excluding carboxylic acids is 2. The largest absolute Gasteiger partial charge is 0.378 e. The van der Waals surface area contributed by atoms with Gasteiger partial charge in [-0.25, -0.2) is 19.2 Å². The summed E-state index contributed by atoms with van der Waals surface area (Å²) in [7, 11) is 0. The Morgan fingerprint density at radius 1 is 0.837 bits per heavy atom. The summed E-state index contributed by atoms with van der Waals surface area (Å²) in [5.41, 5.74) is 4.16. The molecule has 0 unspecified atom stereocenters. The van der Waals surface area contributed by atoms with Gasteiger partial charge >= 0.3 is 6.03 Å². The molecule has 43 heavy (non-hydrogen) atoms. The minimum atomic E-state index is -0.576. The van der Waals surface area contributed by atoms with Crippen LogP contribution in [0, 0.1) is 5.82 Å². The first-order chi connectivity index (χ1) is 20.9. The van der Waals surface area contributed by atoms with Crippen LogP contribution in [0.2, 0.25) is 0 Å². The second-order valence-electron chi connectivity index (χ2n) is 9.98. The minimum Gasteiger partial charge on any atom is -0.378 e. The maximum absolute atomic E-state index is 15.6. The molecule has 1 aliphatic rings. The quantitative estimate of drug-likeness (QED) is 0.228. The predicted molar refractivity (Wildman–Crippen MR) is 165 cm³/mol. The van der Waals surface area contributed by atoms with Gasteiger partial charge in [0.2, 0.25) is 5.91 Å². The molecule has 0 radical (unpaired) electrons. The molecule has 0 aliphatic carbocycles. The van der Waals surface area contributed by atoms with Gasteiger partial charge in [-0.3, -0.25) is 9.78 Å². The SMILES string of the molecule is CC(=O)Nc1ccc(NC(=O)Nc2ccc(-c3nc(N4CCOCC4)c4ccc(-c5cccnc5)cc4n3)c(F)c2)cc1. The topological polar surface area (TPSA) is 121 Å². The third-order valence-corrected chi connectivity index (χ3v) is 6.91. The average Bonchev–Trinajstić information content (AvgIpc) is 3.02. The lowest BCUT2D eigenvalue weighted by Crippen LogP contribution is -2.37. The van der Waals surface area contributed by atoms with Crippen LogP contribution in [0.3, 0.4) is 0 Å². The Balaban J connectivity index is 1.27. The maximum Gasteiger partial charge on any atom is 0.323 e. The van der Waals surface area contributed by atoms with Crippen LogP contribution in [0.1, 0.15) is 6.92 Å². The second-order valence-corrected chi connectivity index (χ2v) is 9.98. The van der Waals surface area contributed by atoms with E-state index in [9.17, 15) is 9.59 Å². The lowest BCUT2D eigenvalue weighted by molar-refractivity contribution is -0.114. The van der Waals surface area contributed by atoms with Gasteiger partial charge in [-0.1, -0.05) is 12.1 Å². The molecular formula is C32H28FN7O3. The zero-order chi connectivity index (χ0) is 29.8. The highest BCUT2D eigenvalue weighted by molar-refractivity contribution is 6.00. The number of carbonyl (C=O) groups is 2. The summed E-state index contributed by atoms with van der Waals surface area (Å²) in [6, 6.07) is 20.3. The highest BCUT2D eigenvalue weighted by Crippen LogP contribution is 2.32. The van der Waals surface area contributed by atoms with Crippen molar-refractivity contribution in [3.63, 3.8) is 0 Å². The van der Waals surface area contributed by atoms with E-state index < -0.39 is 11.8 Å². The number of nitrogens with one attached hydrogen (secondary N) is 3. The smallest absolute Gasteiger partial charge is 0.323 e. The van der Waals surface area contributed by atoms with E-state index in [4.69, 9.17) is 14.7 Å². The van der Waals surface area contributed by atoms with Crippen LogP contribution in [-0.2, 0) is 9.53 Å². The molecular weight excluding hydrogens is 549 g/mol. The zero-order valence-corrected chi connectivity index (χ0v) is 23.3. The van der Waals surface area contributed by atoms with E-state index in [2.05, 4.69) is 25.8 Å². The van der Waals surface area contributed by atoms with Gasteiger partial charge in [0.15, 0.2) is 5.82 Å². The predicted octanol–water partition coefficient (Wildman–Crippen LogP) is 5.94. The number of benzene rings is 3. The third kappa shape index (κ3) is 6.41. The van der Waals surface area contributed by atoms with Crippen molar-refractivity contribution >= 4 is 45.7 Å². The monoisotopic (exact) mass is 577 g/mol. The van der Waals surface area contributed by atoms with E-state index >= 15 is 4.39 Å². The summed E-state index contributed by atoms with van der Waals surface area (Å²) in [6.45, 7) is 3.88. The van der Waals surface area contributed by atoms with Crippen molar-refractivity contribution in [3.8, 4) is 22.5 Å². The standard InChI is InChI=1S/C32H28FN7O3/c1-20(41)35-23-5-7-24(8-6-23)36-32(42)37-25-9-11-26(28(33)18-25)30-38-29-17-21(22-3-2-12-34-19-22)4-10-27(29)31(39-30)40-13-15-43-16-14-40/h2-12,17-19H,13-16H2,1H3,(H,35,41)(H2,36,37,42). The van der Waals surface area contributed by atoms with Crippen LogP contribution in [0.25, 0.3) is 33.4 Å². The van der Waals surface area contributed by atoms with Gasteiger partial charge in [-0.15, -0.1) is 0 Å². The fourth-order valence-electron chi connectivity index (χ4n) is 4.87. The molecule has 216 valence electrons. The van der Waals surface area contributed by atoms with Gasteiger partial charge < -0.3 is 25.6 Å². The Hall–Kier alpha value is -5.42. The number of aromatic nitrogens is 3. The number of hydrogen-bond acceptors (Lipinski definition) is 7. The Labute approximate surface area is 247 Å². The van der Waals surface area contributed by atoms with E-state index in [0.717, 1.165) is 16.5 Å². The Morgan fingerprint density at radius 2 is 1.56 bits per heavy atom. The normalized spacial score (nSPS) is 13.0. The summed E-state index contributed by atoms with van der Waals surface area (Å²) in [5, 5.41) is 8.86. The highest BCUT2D eigenvalue weighted by atomic mass is 19.1. The van der Waals surface area contributed by atoms with E-state index in [-0.39, 0.29) is 23.0 Å². The van der Waals surface area contributed by atoms with Crippen LogP contribution >= 0.6 is 0 Å². The van der Waals surface area contributed by atoms with Gasteiger partial charge in [-0.2, -0.15) is 0 Å². The third-order valence-electron chi connectivity index (χ3n) is 6.91. The van der Waals surface area contributed by atoms with Gasteiger partial charge in [0.1, 0.15) is 11.6 Å². The van der Waals surface area contributed by atoms with Gasteiger partial charge in [0, 0.05) is 60.4 Å². The van der Waals surface area contributed by atoms with Crippen molar-refractivity contribution in [2.45, 2.75) is 6.92 Å². The lowest BCUT2D eigenvalue weighted by Gasteiger charge is -2.29. The summed E-state index contributed by atoms with van der Waals surface area (Å²) in [6.07, 6.45) is 3.51. The summed E-state index contributed by atoms with van der Waals surface area (Å²) < 4.78 is 21.1. The zero-order valence-electron chi connectivity index (χ0n) is 23.3. The average molecular weight is 578 g/mol. The minimum absolute atomic E-state index is 0.190. The number of nitrogens with zero attached hydrogens (tertiary/aromatic N) is 4. The van der Waals surface area contributed by atoms with Gasteiger partial charge in [0.25, 0.3) is 0 Å². The number of morpholine rings is 1. The van der Waals surface area contributed by atoms with Crippen molar-refractivity contribution in [1.29, 1.82) is 0 Å². The van der Waals surface area contributed by atoms with E-state index in [1.54, 1.807) is 48.8 Å². The molecule has 3 amide bonds. The van der Waals surface area contributed by atoms with Gasteiger partial charge in [0.05, 0.1) is 24.3 Å². The Kier molecular flexibility index (Phi) is 7.88. The first-order valence-electron chi connectivity index (χ1n) is 13.7. The van der Waals surface area contributed by atoms with Crippen LogP contribution in [0.5, 0.6) is 0 Å². The van der Waals surface area contributed by atoms with Crippen LogP contribution in [0.4, 0.5) is 32.1 Å². The fourth-order valence-corrected chi connectivity index (χ4v) is 4.87. The molecule has 0 atom stereocenters. The van der Waals surface area contributed by atoms with Crippen molar-refractivity contribution in [3.05, 3.63) is 91.0 Å². The van der Waals surface area contributed by atoms with Crippen molar-refractivity contribution in [1.82, 2.24) is 15.0 Å². The maximum atomic E-state index is 15.6. The summed E-state index contributed by atoms with van der Waals surface area (Å²) >= 11 is 0. The molecule has 0 saturated carbocycles. The number of halogens is 1. The molecule has 1 fully saturated rings. The Bertz CT molecular complexity index is 1790. The van der Waals surface area contributed by atoms with E-state index in [1.165, 1.54) is 13.0 Å². The summed E-state index contributed by atoms with van der Waals surface area (Å²) in [5.74, 6) is 0.189. The molecule has 3 N–H and O–H groups in total. The number of rotatable bonds is 6. The van der Waals surface area contributed by atoms with Crippen molar-refractivity contribution < 1.29 is 18.7 Å². The number of amides is 3. The van der Waals surface area contributed by atoms with E-state index in [1.807, 2.05) is 30.3 Å². The number of fused-ring (bicyclic) bond motifs is 1. The van der Waals surface area contributed by atoms with Crippen LogP contribution < -0.4 is 20.9 Å². The molecule has 6 rings (SSSR count). The molecule has 1 saturated heterocycles. The van der Waals surface area contributed by atoms with Crippen LogP contribution in [0.15, 0.2) is 85.2 Å². The van der Waals surface area contributed by atoms with E-state index in [0.29, 0.717) is 49.0 Å². The molecule has 1 aliphatic heterocycles. The highest BCUT2D eigenvalue weighted by Gasteiger charge is 2.20. The number of pyridine rings is 1. The number of urea groups is 1. The molecule has 10 nitrogen and oxygen atoms in total. The Morgan fingerprint density at radius 3 is 2.26 bits per heavy atom. The first-order valence-corrected chi connectivity index (χ1v) is 13.7. The van der Waals surface area contributed by atoms with Gasteiger partial charge in [-0.05, 0) is 66.2 Å². The first kappa shape index (κ1) is 27.7. The van der Waals surface area contributed by atoms with Crippen molar-refractivity contribution in [2.75, 3.05) is 47.2 Å². The number of anilines is 4. The molecule has 0 spiro atoms. The number of hydrogen-bond donors (Lipinski definition) is 3. The number of ether oxygens (including phenoxy) is 1. The molecule has 11 heteroatoms. The summed E-state index contributed by atoms with van der Waals surface area (Å²) in [4.78, 5) is 39.7. The molecule has 3 heterocycles. The van der Waals surface area contributed by atoms with Crippen molar-refractivity contribution in [2.24, 2.45) is 0 Å². The van der Waals surface area contributed by atoms with Crippen LogP contribution in [-0.4, -0.2) is 53.2 Å². The molecule has 2 aromatic heterocycles. The molecule has 3 aromatic carbocycles. The lowest BCUT2D eigenvalue weighted by atomic mass is 10.0. The molecule has 5 aromatic rings. The molecule has 0 bridgehead atoms. The second kappa shape index (κ2) is 12.2.